The molecule has 0 aromatic heterocycles. The van der Waals surface area contributed by atoms with Gasteiger partial charge in [0.15, 0.2) is 0 Å². The number of rotatable bonds is 6. The van der Waals surface area contributed by atoms with Crippen LogP contribution >= 0.6 is 0 Å². The maximum atomic E-state index is 12.5. The van der Waals surface area contributed by atoms with E-state index in [1.165, 1.54) is 5.56 Å². The number of benzene rings is 1. The third-order valence-corrected chi connectivity index (χ3v) is 4.63. The Morgan fingerprint density at radius 3 is 2.61 bits per heavy atom. The van der Waals surface area contributed by atoms with Crippen LogP contribution in [-0.2, 0) is 17.6 Å². The first-order valence-corrected chi connectivity index (χ1v) is 8.52. The van der Waals surface area contributed by atoms with Gasteiger partial charge in [-0.05, 0) is 49.3 Å². The van der Waals surface area contributed by atoms with Gasteiger partial charge in [-0.15, -0.1) is 0 Å². The molecule has 1 saturated heterocycles. The highest BCUT2D eigenvalue weighted by molar-refractivity contribution is 5.90. The molecular formula is C18H28N2O3. The molecule has 2 rings (SSSR count). The Balaban J connectivity index is 2.08. The van der Waals surface area contributed by atoms with Crippen LogP contribution in [0.15, 0.2) is 18.2 Å². The average Bonchev–Trinajstić information content (AvgIpc) is 2.55. The summed E-state index contributed by atoms with van der Waals surface area (Å²) in [4.78, 5) is 12.5. The number of anilines is 1. The van der Waals surface area contributed by atoms with Gasteiger partial charge >= 0.3 is 6.03 Å². The van der Waals surface area contributed by atoms with Crippen molar-refractivity contribution in [2.24, 2.45) is 0 Å². The van der Waals surface area contributed by atoms with Crippen LogP contribution in [0.3, 0.4) is 0 Å². The summed E-state index contributed by atoms with van der Waals surface area (Å²) >= 11 is 0. The molecule has 1 aliphatic rings. The minimum atomic E-state index is -0.369. The summed E-state index contributed by atoms with van der Waals surface area (Å²) in [5.41, 5.74) is 2.83. The van der Waals surface area contributed by atoms with E-state index in [0.717, 1.165) is 36.9 Å². The normalized spacial score (nSPS) is 16.8. The highest BCUT2D eigenvalue weighted by atomic mass is 16.5. The third-order valence-electron chi connectivity index (χ3n) is 4.63. The summed E-state index contributed by atoms with van der Waals surface area (Å²) in [6, 6.07) is 6.02. The van der Waals surface area contributed by atoms with Crippen molar-refractivity contribution in [1.29, 1.82) is 0 Å². The zero-order valence-corrected chi connectivity index (χ0v) is 14.2. The predicted molar refractivity (Wildman–Crippen MR) is 91.8 cm³/mol. The summed E-state index contributed by atoms with van der Waals surface area (Å²) in [6.07, 6.45) is 3.83. The van der Waals surface area contributed by atoms with Crippen LogP contribution in [0.1, 0.15) is 44.2 Å². The van der Waals surface area contributed by atoms with Gasteiger partial charge in [0.25, 0.3) is 0 Å². The number of aliphatic hydroxyl groups is 1. The van der Waals surface area contributed by atoms with Crippen molar-refractivity contribution in [2.75, 3.05) is 25.1 Å². The number of nitrogens with one attached hydrogen (secondary N) is 2. The Bertz CT molecular complexity index is 519. The lowest BCUT2D eigenvalue weighted by atomic mass is 9.87. The van der Waals surface area contributed by atoms with Crippen LogP contribution < -0.4 is 10.6 Å². The van der Waals surface area contributed by atoms with E-state index >= 15 is 0 Å². The van der Waals surface area contributed by atoms with E-state index in [0.29, 0.717) is 19.6 Å². The van der Waals surface area contributed by atoms with Gasteiger partial charge in [-0.2, -0.15) is 0 Å². The van der Waals surface area contributed by atoms with Gasteiger partial charge in [0.05, 0.1) is 0 Å². The van der Waals surface area contributed by atoms with Crippen molar-refractivity contribution in [2.45, 2.75) is 51.5 Å². The van der Waals surface area contributed by atoms with Crippen molar-refractivity contribution >= 4 is 11.7 Å². The number of carbonyl (C=O) groups excluding carboxylic acids is 1. The van der Waals surface area contributed by atoms with Gasteiger partial charge in [-0.25, -0.2) is 4.79 Å². The van der Waals surface area contributed by atoms with Crippen LogP contribution in [0.2, 0.25) is 0 Å². The topological polar surface area (TPSA) is 70.6 Å². The molecule has 23 heavy (non-hydrogen) atoms. The van der Waals surface area contributed by atoms with Gasteiger partial charge in [0.1, 0.15) is 0 Å². The number of hydrogen-bond acceptors (Lipinski definition) is 3. The summed E-state index contributed by atoms with van der Waals surface area (Å²) in [5, 5.41) is 15.4. The average molecular weight is 320 g/mol. The molecule has 1 heterocycles. The minimum Gasteiger partial charge on any atom is -0.396 e. The molecule has 0 bridgehead atoms. The van der Waals surface area contributed by atoms with Crippen molar-refractivity contribution in [3.8, 4) is 0 Å². The van der Waals surface area contributed by atoms with Crippen LogP contribution in [0.25, 0.3) is 0 Å². The lowest BCUT2D eigenvalue weighted by Gasteiger charge is -2.37. The molecule has 1 aliphatic heterocycles. The Morgan fingerprint density at radius 2 is 2.00 bits per heavy atom. The first-order valence-electron chi connectivity index (χ1n) is 8.52. The lowest BCUT2D eigenvalue weighted by Crippen LogP contribution is -2.53. The number of hydrogen-bond donors (Lipinski definition) is 3. The zero-order valence-electron chi connectivity index (χ0n) is 14.2. The summed E-state index contributed by atoms with van der Waals surface area (Å²) in [6.45, 7) is 5.47. The number of aryl methyl sites for hydroxylation is 2. The van der Waals surface area contributed by atoms with Crippen molar-refractivity contribution in [3.05, 3.63) is 29.3 Å². The molecule has 1 aromatic carbocycles. The molecule has 3 N–H and O–H groups in total. The molecule has 5 nitrogen and oxygen atoms in total. The van der Waals surface area contributed by atoms with Gasteiger partial charge < -0.3 is 20.5 Å². The van der Waals surface area contributed by atoms with Crippen LogP contribution in [0.4, 0.5) is 10.5 Å². The van der Waals surface area contributed by atoms with Crippen molar-refractivity contribution in [3.63, 3.8) is 0 Å². The van der Waals surface area contributed by atoms with E-state index in [4.69, 9.17) is 4.74 Å². The third kappa shape index (κ3) is 4.69. The maximum Gasteiger partial charge on any atom is 0.319 e. The Morgan fingerprint density at radius 1 is 1.26 bits per heavy atom. The summed E-state index contributed by atoms with van der Waals surface area (Å²) < 4.78 is 5.38. The van der Waals surface area contributed by atoms with Gasteiger partial charge in [0, 0.05) is 31.0 Å². The predicted octanol–water partition coefficient (Wildman–Crippen LogP) is 2.86. The van der Waals surface area contributed by atoms with Crippen molar-refractivity contribution < 1.29 is 14.6 Å². The second-order valence-corrected chi connectivity index (χ2v) is 6.14. The molecule has 128 valence electrons. The Kier molecular flexibility index (Phi) is 6.42. The van der Waals surface area contributed by atoms with Gasteiger partial charge in [0.2, 0.25) is 0 Å². The van der Waals surface area contributed by atoms with Crippen LogP contribution in [0.5, 0.6) is 0 Å². The molecule has 0 unspecified atom stereocenters. The van der Waals surface area contributed by atoms with Gasteiger partial charge in [-0.3, -0.25) is 0 Å². The standard InChI is InChI=1S/C18H28N2O3/c1-3-14-5-6-15(4-2)16(13-14)19-17(22)20-18(7-10-21)8-11-23-12-9-18/h5-6,13,21H,3-4,7-12H2,1-2H3,(H2,19,20,22). The molecule has 5 heteroatoms. The van der Waals surface area contributed by atoms with Crippen molar-refractivity contribution in [1.82, 2.24) is 5.32 Å². The quantitative estimate of drug-likeness (QED) is 0.755. The highest BCUT2D eigenvalue weighted by Gasteiger charge is 2.33. The fraction of sp³-hybridized carbons (Fsp3) is 0.611. The molecule has 0 saturated carbocycles. The maximum absolute atomic E-state index is 12.5. The van der Waals surface area contributed by atoms with Crippen LogP contribution in [0, 0.1) is 0 Å². The molecule has 1 aromatic rings. The van der Waals surface area contributed by atoms with E-state index in [9.17, 15) is 9.90 Å². The lowest BCUT2D eigenvalue weighted by molar-refractivity contribution is 0.0330. The molecule has 0 radical (unpaired) electrons. The smallest absolute Gasteiger partial charge is 0.319 e. The fourth-order valence-corrected chi connectivity index (χ4v) is 3.08. The first-order chi connectivity index (χ1) is 11.1. The Labute approximate surface area is 138 Å². The van der Waals surface area contributed by atoms with E-state index in [1.54, 1.807) is 0 Å². The number of carbonyl (C=O) groups is 1. The number of aliphatic hydroxyl groups excluding tert-OH is 1. The first kappa shape index (κ1) is 17.8. The fourth-order valence-electron chi connectivity index (χ4n) is 3.08. The molecule has 0 aliphatic carbocycles. The van der Waals surface area contributed by atoms with Gasteiger partial charge in [-0.1, -0.05) is 26.0 Å². The molecule has 2 amide bonds. The summed E-state index contributed by atoms with van der Waals surface area (Å²) in [5.74, 6) is 0. The second-order valence-electron chi connectivity index (χ2n) is 6.14. The Hall–Kier alpha value is -1.59. The van der Waals surface area contributed by atoms with E-state index < -0.39 is 0 Å². The number of ether oxygens (including phenoxy) is 1. The van der Waals surface area contributed by atoms with E-state index in [2.05, 4.69) is 36.6 Å². The largest absolute Gasteiger partial charge is 0.396 e. The number of urea groups is 1. The molecular weight excluding hydrogens is 292 g/mol. The monoisotopic (exact) mass is 320 g/mol. The highest BCUT2D eigenvalue weighted by Crippen LogP contribution is 2.25. The minimum absolute atomic E-state index is 0.0613. The molecule has 0 spiro atoms. The van der Waals surface area contributed by atoms with E-state index in [1.807, 2.05) is 6.07 Å². The SMILES string of the molecule is CCc1ccc(CC)c(NC(=O)NC2(CCO)CCOCC2)c1. The molecule has 1 fully saturated rings. The molecule has 0 atom stereocenters. The zero-order chi connectivity index (χ0) is 16.7. The number of amides is 2. The van der Waals surface area contributed by atoms with E-state index in [-0.39, 0.29) is 18.2 Å². The van der Waals surface area contributed by atoms with Crippen LogP contribution in [-0.4, -0.2) is 36.5 Å². The second kappa shape index (κ2) is 8.31. The summed E-state index contributed by atoms with van der Waals surface area (Å²) in [7, 11) is 0.